The highest BCUT2D eigenvalue weighted by Crippen LogP contribution is 2.17. The lowest BCUT2D eigenvalue weighted by Gasteiger charge is -2.20. The van der Waals surface area contributed by atoms with E-state index < -0.39 is 0 Å². The van der Waals surface area contributed by atoms with Crippen LogP contribution in [0.4, 0.5) is 0 Å². The maximum atomic E-state index is 11.8. The van der Waals surface area contributed by atoms with Crippen molar-refractivity contribution in [2.45, 2.75) is 32.9 Å². The molecule has 3 atom stereocenters. The molecule has 0 fully saturated rings. The van der Waals surface area contributed by atoms with Gasteiger partial charge in [0.15, 0.2) is 0 Å². The number of hydrogen-bond acceptors (Lipinski definition) is 2. The van der Waals surface area contributed by atoms with Crippen LogP contribution in [0.1, 0.15) is 32.4 Å². The van der Waals surface area contributed by atoms with Gasteiger partial charge in [0.05, 0.1) is 6.04 Å². The summed E-state index contributed by atoms with van der Waals surface area (Å²) in [4.78, 5) is 11.8. The Labute approximate surface area is 119 Å². The van der Waals surface area contributed by atoms with E-state index in [2.05, 4.69) is 5.32 Å². The van der Waals surface area contributed by atoms with Gasteiger partial charge in [-0.3, -0.25) is 4.79 Å². The first kappa shape index (κ1) is 17.2. The fraction of sp³-hybridized carbons (Fsp3) is 0.462. The lowest BCUT2D eigenvalue weighted by atomic mass is 10.0. The molecule has 0 aliphatic rings. The van der Waals surface area contributed by atoms with E-state index in [9.17, 15) is 4.79 Å². The summed E-state index contributed by atoms with van der Waals surface area (Å²) in [7, 11) is 0. The number of hydrogen-bond donors (Lipinski definition) is 2. The van der Waals surface area contributed by atoms with Crippen molar-refractivity contribution in [3.8, 4) is 0 Å². The van der Waals surface area contributed by atoms with Crippen LogP contribution in [-0.2, 0) is 4.79 Å². The molecule has 3 N–H and O–H groups in total. The average molecular weight is 291 g/mol. The number of nitrogens with two attached hydrogens (primary N) is 1. The Morgan fingerprint density at radius 2 is 1.94 bits per heavy atom. The molecule has 0 aromatic heterocycles. The van der Waals surface area contributed by atoms with Gasteiger partial charge in [-0.2, -0.15) is 0 Å². The maximum absolute atomic E-state index is 11.8. The minimum Gasteiger partial charge on any atom is -0.349 e. The van der Waals surface area contributed by atoms with Gasteiger partial charge in [-0.1, -0.05) is 30.7 Å². The second-order valence-corrected chi connectivity index (χ2v) is 4.87. The van der Waals surface area contributed by atoms with Gasteiger partial charge in [-0.05, 0) is 31.5 Å². The second-order valence-electron chi connectivity index (χ2n) is 4.43. The molecule has 3 nitrogen and oxygen atoms in total. The standard InChI is InChI=1S/C13H19ClN2O.ClH/c1-8(9(2)15)13(17)16-10(3)11-5-4-6-12(14)7-11;/h4-10H,15H2,1-3H3,(H,16,17);1H. The zero-order valence-corrected chi connectivity index (χ0v) is 12.4. The quantitative estimate of drug-likeness (QED) is 0.896. The Kier molecular flexibility index (Phi) is 7.29. The van der Waals surface area contributed by atoms with Gasteiger partial charge in [0, 0.05) is 17.0 Å². The minimum absolute atomic E-state index is 0. The normalized spacial score (nSPS) is 15.2. The van der Waals surface area contributed by atoms with Gasteiger partial charge in [0.25, 0.3) is 0 Å². The molecule has 1 amide bonds. The van der Waals surface area contributed by atoms with Crippen LogP contribution in [0.25, 0.3) is 0 Å². The molecular formula is C13H20Cl2N2O. The molecule has 0 saturated carbocycles. The average Bonchev–Trinajstić information content (AvgIpc) is 2.27. The minimum atomic E-state index is -0.198. The zero-order chi connectivity index (χ0) is 13.0. The highest BCUT2D eigenvalue weighted by Gasteiger charge is 2.19. The number of carbonyl (C=O) groups excluding carboxylic acids is 1. The summed E-state index contributed by atoms with van der Waals surface area (Å²) in [6, 6.07) is 7.25. The largest absolute Gasteiger partial charge is 0.349 e. The van der Waals surface area contributed by atoms with Crippen molar-refractivity contribution in [3.05, 3.63) is 34.9 Å². The van der Waals surface area contributed by atoms with E-state index in [-0.39, 0.29) is 36.3 Å². The van der Waals surface area contributed by atoms with Gasteiger partial charge >= 0.3 is 0 Å². The Bertz CT molecular complexity index is 396. The molecule has 0 bridgehead atoms. The summed E-state index contributed by atoms with van der Waals surface area (Å²) >= 11 is 5.91. The van der Waals surface area contributed by atoms with Crippen molar-refractivity contribution in [2.75, 3.05) is 0 Å². The number of nitrogens with one attached hydrogen (secondary N) is 1. The first-order valence-electron chi connectivity index (χ1n) is 5.73. The molecule has 5 heteroatoms. The molecule has 18 heavy (non-hydrogen) atoms. The van der Waals surface area contributed by atoms with Crippen LogP contribution >= 0.6 is 24.0 Å². The Morgan fingerprint density at radius 3 is 2.44 bits per heavy atom. The third-order valence-electron chi connectivity index (χ3n) is 2.91. The SMILES string of the molecule is CC(NC(=O)C(C)C(C)N)c1cccc(Cl)c1.Cl. The lowest BCUT2D eigenvalue weighted by molar-refractivity contribution is -0.125. The number of halogens is 2. The van der Waals surface area contributed by atoms with Crippen molar-refractivity contribution in [3.63, 3.8) is 0 Å². The smallest absolute Gasteiger partial charge is 0.224 e. The predicted molar refractivity (Wildman–Crippen MR) is 78.1 cm³/mol. The summed E-state index contributed by atoms with van der Waals surface area (Å²) in [5.41, 5.74) is 6.68. The molecular weight excluding hydrogens is 271 g/mol. The van der Waals surface area contributed by atoms with Crippen molar-refractivity contribution in [1.82, 2.24) is 5.32 Å². The van der Waals surface area contributed by atoms with Gasteiger partial charge in [0.1, 0.15) is 0 Å². The van der Waals surface area contributed by atoms with Crippen LogP contribution < -0.4 is 11.1 Å². The monoisotopic (exact) mass is 290 g/mol. The van der Waals surface area contributed by atoms with Crippen molar-refractivity contribution >= 4 is 29.9 Å². The fourth-order valence-corrected chi connectivity index (χ4v) is 1.64. The molecule has 1 aromatic carbocycles. The third kappa shape index (κ3) is 4.84. The summed E-state index contributed by atoms with van der Waals surface area (Å²) in [5.74, 6) is -0.232. The van der Waals surface area contributed by atoms with E-state index in [0.29, 0.717) is 5.02 Å². The van der Waals surface area contributed by atoms with E-state index in [1.165, 1.54) is 0 Å². The van der Waals surface area contributed by atoms with Crippen LogP contribution in [0.5, 0.6) is 0 Å². The highest BCUT2D eigenvalue weighted by molar-refractivity contribution is 6.30. The van der Waals surface area contributed by atoms with Gasteiger partial charge in [-0.25, -0.2) is 0 Å². The Morgan fingerprint density at radius 1 is 1.33 bits per heavy atom. The van der Waals surface area contributed by atoms with Crippen molar-refractivity contribution in [2.24, 2.45) is 11.7 Å². The number of rotatable bonds is 4. The van der Waals surface area contributed by atoms with Gasteiger partial charge in [-0.15, -0.1) is 12.4 Å². The van der Waals surface area contributed by atoms with Crippen molar-refractivity contribution < 1.29 is 4.79 Å². The van der Waals surface area contributed by atoms with Crippen LogP contribution in [0.15, 0.2) is 24.3 Å². The van der Waals surface area contributed by atoms with Crippen molar-refractivity contribution in [1.29, 1.82) is 0 Å². The van der Waals surface area contributed by atoms with Gasteiger partial charge < -0.3 is 11.1 Å². The maximum Gasteiger partial charge on any atom is 0.224 e. The van der Waals surface area contributed by atoms with E-state index >= 15 is 0 Å². The summed E-state index contributed by atoms with van der Waals surface area (Å²) < 4.78 is 0. The molecule has 1 rings (SSSR count). The first-order valence-corrected chi connectivity index (χ1v) is 6.11. The molecule has 0 heterocycles. The topological polar surface area (TPSA) is 55.1 Å². The highest BCUT2D eigenvalue weighted by atomic mass is 35.5. The summed E-state index contributed by atoms with van der Waals surface area (Å²) in [6.07, 6.45) is 0. The van der Waals surface area contributed by atoms with E-state index in [4.69, 9.17) is 17.3 Å². The number of amides is 1. The zero-order valence-electron chi connectivity index (χ0n) is 10.8. The molecule has 102 valence electrons. The molecule has 0 saturated heterocycles. The molecule has 1 aromatic rings. The fourth-order valence-electron chi connectivity index (χ4n) is 1.44. The van der Waals surface area contributed by atoms with Crippen LogP contribution in [0, 0.1) is 5.92 Å². The molecule has 0 spiro atoms. The summed E-state index contributed by atoms with van der Waals surface area (Å²) in [6.45, 7) is 5.58. The Hall–Kier alpha value is -0.770. The number of carbonyl (C=O) groups is 1. The van der Waals surface area contributed by atoms with Crippen LogP contribution in [0.3, 0.4) is 0 Å². The lowest BCUT2D eigenvalue weighted by Crippen LogP contribution is -2.39. The van der Waals surface area contributed by atoms with E-state index in [1.54, 1.807) is 0 Å². The van der Waals surface area contributed by atoms with Gasteiger partial charge in [0.2, 0.25) is 5.91 Å². The Balaban J connectivity index is 0.00000289. The third-order valence-corrected chi connectivity index (χ3v) is 3.14. The van der Waals surface area contributed by atoms with Crippen LogP contribution in [0.2, 0.25) is 5.02 Å². The molecule has 0 radical (unpaired) electrons. The van der Waals surface area contributed by atoms with E-state index in [1.807, 2.05) is 45.0 Å². The second kappa shape index (κ2) is 7.62. The molecule has 0 aliphatic carbocycles. The van der Waals surface area contributed by atoms with Crippen LogP contribution in [-0.4, -0.2) is 11.9 Å². The predicted octanol–water partition coefficient (Wildman–Crippen LogP) is 2.92. The molecule has 3 unspecified atom stereocenters. The number of benzene rings is 1. The molecule has 0 aliphatic heterocycles. The summed E-state index contributed by atoms with van der Waals surface area (Å²) in [5, 5.41) is 3.60. The van der Waals surface area contributed by atoms with E-state index in [0.717, 1.165) is 5.56 Å². The first-order chi connectivity index (χ1) is 7.91.